The number of benzene rings is 1. The fourth-order valence-corrected chi connectivity index (χ4v) is 2.43. The predicted octanol–water partition coefficient (Wildman–Crippen LogP) is 0.367. The van der Waals surface area contributed by atoms with E-state index in [1.165, 1.54) is 0 Å². The molecule has 2 heterocycles. The Morgan fingerprint density at radius 1 is 1.35 bits per heavy atom. The van der Waals surface area contributed by atoms with Crippen LogP contribution < -0.4 is 21.4 Å². The number of aromatic hydroxyl groups is 1. The maximum absolute atomic E-state index is 12.3. The van der Waals surface area contributed by atoms with Crippen LogP contribution in [0.4, 0.5) is 5.88 Å². The van der Waals surface area contributed by atoms with E-state index in [1.54, 1.807) is 12.1 Å². The summed E-state index contributed by atoms with van der Waals surface area (Å²) in [6, 6.07) is 5.22. The molecule has 6 heteroatoms. The van der Waals surface area contributed by atoms with Crippen molar-refractivity contribution in [3.8, 4) is 5.75 Å². The normalized spacial score (nSPS) is 15.8. The van der Waals surface area contributed by atoms with Gasteiger partial charge in [0.2, 0.25) is 17.1 Å². The summed E-state index contributed by atoms with van der Waals surface area (Å²) in [4.78, 5) is 14.1. The van der Waals surface area contributed by atoms with Crippen molar-refractivity contribution in [2.75, 3.05) is 31.1 Å². The molecule has 2 aromatic rings. The zero-order valence-corrected chi connectivity index (χ0v) is 11.1. The summed E-state index contributed by atoms with van der Waals surface area (Å²) in [5.74, 6) is -0.0712. The van der Waals surface area contributed by atoms with Gasteiger partial charge in [-0.3, -0.25) is 4.79 Å². The molecule has 1 aliphatic heterocycles. The average Bonchev–Trinajstić information content (AvgIpc) is 2.51. The molecule has 20 heavy (non-hydrogen) atoms. The Kier molecular flexibility index (Phi) is 3.33. The number of nitrogens with zero attached hydrogens (tertiary/aromatic N) is 1. The molecule has 4 N–H and O–H groups in total. The highest BCUT2D eigenvalue weighted by Crippen LogP contribution is 2.28. The molecular formula is C14H17N3O3. The van der Waals surface area contributed by atoms with Gasteiger partial charge in [-0.1, -0.05) is 6.07 Å². The maximum atomic E-state index is 12.3. The number of rotatable bonds is 2. The Labute approximate surface area is 115 Å². The third kappa shape index (κ3) is 2.13. The molecule has 1 aliphatic rings. The second-order valence-electron chi connectivity index (χ2n) is 4.86. The van der Waals surface area contributed by atoms with Crippen LogP contribution in [0.5, 0.6) is 5.75 Å². The van der Waals surface area contributed by atoms with E-state index < -0.39 is 5.43 Å². The second-order valence-corrected chi connectivity index (χ2v) is 4.86. The van der Waals surface area contributed by atoms with Gasteiger partial charge in [0.1, 0.15) is 5.58 Å². The van der Waals surface area contributed by atoms with Crippen LogP contribution in [0, 0.1) is 0 Å². The third-order valence-electron chi connectivity index (χ3n) is 3.55. The SMILES string of the molecule is NCc1ccc2oc(N3CCNCC3)c(O)c(=O)c2c1. The lowest BCUT2D eigenvalue weighted by Crippen LogP contribution is -2.43. The average molecular weight is 275 g/mol. The molecule has 1 aromatic carbocycles. The predicted molar refractivity (Wildman–Crippen MR) is 77.1 cm³/mol. The number of hydrogen-bond acceptors (Lipinski definition) is 6. The lowest BCUT2D eigenvalue weighted by atomic mass is 10.1. The summed E-state index contributed by atoms with van der Waals surface area (Å²) in [5.41, 5.74) is 6.46. The fourth-order valence-electron chi connectivity index (χ4n) is 2.43. The van der Waals surface area contributed by atoms with Crippen LogP contribution in [0.1, 0.15) is 5.56 Å². The fraction of sp³-hybridized carbons (Fsp3) is 0.357. The van der Waals surface area contributed by atoms with Crippen LogP contribution in [0.2, 0.25) is 0 Å². The van der Waals surface area contributed by atoms with E-state index in [4.69, 9.17) is 10.2 Å². The molecule has 0 unspecified atom stereocenters. The quantitative estimate of drug-likeness (QED) is 0.733. The summed E-state index contributed by atoms with van der Waals surface area (Å²) in [5, 5.41) is 13.7. The summed E-state index contributed by atoms with van der Waals surface area (Å²) in [7, 11) is 0. The molecule has 0 amide bonds. The van der Waals surface area contributed by atoms with E-state index in [-0.39, 0.29) is 11.6 Å². The first-order valence-corrected chi connectivity index (χ1v) is 6.65. The first kappa shape index (κ1) is 13.0. The number of piperazine rings is 1. The van der Waals surface area contributed by atoms with Gasteiger partial charge in [0.25, 0.3) is 0 Å². The standard InChI is InChI=1S/C14H17N3O3/c15-8-9-1-2-11-10(7-9)12(18)13(19)14(20-11)17-5-3-16-4-6-17/h1-2,7,16,19H,3-6,8,15H2. The van der Waals surface area contributed by atoms with Crippen molar-refractivity contribution >= 4 is 16.9 Å². The smallest absolute Gasteiger partial charge is 0.242 e. The lowest BCUT2D eigenvalue weighted by molar-refractivity contribution is 0.431. The van der Waals surface area contributed by atoms with E-state index in [1.807, 2.05) is 11.0 Å². The molecule has 6 nitrogen and oxygen atoms in total. The van der Waals surface area contributed by atoms with Crippen LogP contribution in [0.3, 0.4) is 0 Å². The number of fused-ring (bicyclic) bond motifs is 1. The van der Waals surface area contributed by atoms with Crippen LogP contribution in [0.15, 0.2) is 27.4 Å². The van der Waals surface area contributed by atoms with Crippen molar-refractivity contribution < 1.29 is 9.52 Å². The van der Waals surface area contributed by atoms with Crippen molar-refractivity contribution in [2.24, 2.45) is 5.73 Å². The van der Waals surface area contributed by atoms with Gasteiger partial charge in [0, 0.05) is 32.7 Å². The van der Waals surface area contributed by atoms with Crippen molar-refractivity contribution in [1.29, 1.82) is 0 Å². The molecular weight excluding hydrogens is 258 g/mol. The van der Waals surface area contributed by atoms with E-state index in [0.29, 0.717) is 30.6 Å². The minimum Gasteiger partial charge on any atom is -0.500 e. The third-order valence-corrected chi connectivity index (χ3v) is 3.55. The number of nitrogens with one attached hydrogen (secondary N) is 1. The van der Waals surface area contributed by atoms with Crippen LogP contribution in [0.25, 0.3) is 11.0 Å². The minimum absolute atomic E-state index is 0.254. The van der Waals surface area contributed by atoms with Gasteiger partial charge in [-0.15, -0.1) is 0 Å². The van der Waals surface area contributed by atoms with Crippen molar-refractivity contribution in [2.45, 2.75) is 6.54 Å². The van der Waals surface area contributed by atoms with Gasteiger partial charge >= 0.3 is 0 Å². The van der Waals surface area contributed by atoms with Crippen molar-refractivity contribution in [1.82, 2.24) is 5.32 Å². The van der Waals surface area contributed by atoms with E-state index in [2.05, 4.69) is 5.32 Å². The summed E-state index contributed by atoms with van der Waals surface area (Å²) < 4.78 is 5.72. The van der Waals surface area contributed by atoms with Gasteiger partial charge in [0.15, 0.2) is 0 Å². The number of nitrogens with two attached hydrogens (primary N) is 1. The topological polar surface area (TPSA) is 91.7 Å². The molecule has 0 radical (unpaired) electrons. The molecule has 1 fully saturated rings. The zero-order chi connectivity index (χ0) is 14.1. The number of anilines is 1. The molecule has 0 aliphatic carbocycles. The van der Waals surface area contributed by atoms with Crippen LogP contribution in [-0.4, -0.2) is 31.3 Å². The van der Waals surface area contributed by atoms with Crippen LogP contribution in [-0.2, 0) is 6.54 Å². The molecule has 0 spiro atoms. The van der Waals surface area contributed by atoms with Gasteiger partial charge in [-0.05, 0) is 17.7 Å². The summed E-state index contributed by atoms with van der Waals surface area (Å²) in [6.07, 6.45) is 0. The highest BCUT2D eigenvalue weighted by atomic mass is 16.4. The van der Waals surface area contributed by atoms with Crippen molar-refractivity contribution in [3.63, 3.8) is 0 Å². The maximum Gasteiger partial charge on any atom is 0.242 e. The van der Waals surface area contributed by atoms with Gasteiger partial charge in [-0.25, -0.2) is 0 Å². The molecule has 0 saturated carbocycles. The highest BCUT2D eigenvalue weighted by Gasteiger charge is 2.20. The summed E-state index contributed by atoms with van der Waals surface area (Å²) >= 11 is 0. The zero-order valence-electron chi connectivity index (χ0n) is 11.1. The number of hydrogen-bond donors (Lipinski definition) is 3. The Bertz CT molecular complexity index is 690. The molecule has 3 rings (SSSR count). The minimum atomic E-state index is -0.407. The highest BCUT2D eigenvalue weighted by molar-refractivity contribution is 5.81. The molecule has 106 valence electrons. The van der Waals surface area contributed by atoms with E-state index in [0.717, 1.165) is 18.7 Å². The first-order chi connectivity index (χ1) is 9.70. The largest absolute Gasteiger partial charge is 0.500 e. The molecule has 0 bridgehead atoms. The lowest BCUT2D eigenvalue weighted by Gasteiger charge is -2.28. The monoisotopic (exact) mass is 275 g/mol. The van der Waals surface area contributed by atoms with Crippen molar-refractivity contribution in [3.05, 3.63) is 34.0 Å². The van der Waals surface area contributed by atoms with E-state index in [9.17, 15) is 9.90 Å². The molecule has 1 saturated heterocycles. The van der Waals surface area contributed by atoms with Crippen LogP contribution >= 0.6 is 0 Å². The van der Waals surface area contributed by atoms with Gasteiger partial charge in [0.05, 0.1) is 5.39 Å². The first-order valence-electron chi connectivity index (χ1n) is 6.65. The Balaban J connectivity index is 2.15. The Morgan fingerprint density at radius 3 is 2.80 bits per heavy atom. The van der Waals surface area contributed by atoms with Gasteiger partial charge in [-0.2, -0.15) is 0 Å². The Hall–Kier alpha value is -2.05. The van der Waals surface area contributed by atoms with E-state index >= 15 is 0 Å². The second kappa shape index (κ2) is 5.15. The summed E-state index contributed by atoms with van der Waals surface area (Å²) in [6.45, 7) is 3.34. The molecule has 0 atom stereocenters. The van der Waals surface area contributed by atoms with Gasteiger partial charge < -0.3 is 25.5 Å². The molecule has 1 aromatic heterocycles. The Morgan fingerprint density at radius 2 is 2.10 bits per heavy atom.